The number of carboxylic acids is 1. The number of hydrogen-bond donors (Lipinski definition) is 1. The molecular formula is C13H17NO3. The predicted molar refractivity (Wildman–Crippen MR) is 64.7 cm³/mol. The van der Waals surface area contributed by atoms with Crippen LogP contribution < -0.4 is 0 Å². The lowest BCUT2D eigenvalue weighted by Crippen LogP contribution is -2.29. The molecule has 0 bridgehead atoms. The molecule has 1 N–H and O–H groups in total. The molecule has 0 atom stereocenters. The molecule has 0 spiro atoms. The third-order valence-electron chi connectivity index (χ3n) is 2.49. The van der Waals surface area contributed by atoms with E-state index in [1.54, 1.807) is 36.2 Å². The van der Waals surface area contributed by atoms with E-state index in [9.17, 15) is 9.59 Å². The van der Waals surface area contributed by atoms with Crippen molar-refractivity contribution in [3.05, 3.63) is 35.4 Å². The zero-order valence-corrected chi connectivity index (χ0v) is 10.3. The molecule has 0 aromatic heterocycles. The Balaban J connectivity index is 2.69. The fourth-order valence-electron chi connectivity index (χ4n) is 1.55. The fourth-order valence-corrected chi connectivity index (χ4v) is 1.55. The first-order valence-electron chi connectivity index (χ1n) is 5.49. The minimum absolute atomic E-state index is 0.0294. The second-order valence-electron chi connectivity index (χ2n) is 4.35. The van der Waals surface area contributed by atoms with Gasteiger partial charge in [-0.2, -0.15) is 0 Å². The Morgan fingerprint density at radius 3 is 2.18 bits per heavy atom. The maximum atomic E-state index is 11.7. The first-order valence-corrected chi connectivity index (χ1v) is 5.49. The normalized spacial score (nSPS) is 10.4. The van der Waals surface area contributed by atoms with Crippen LogP contribution in [0.4, 0.5) is 0 Å². The van der Waals surface area contributed by atoms with E-state index in [4.69, 9.17) is 5.11 Å². The molecule has 4 nitrogen and oxygen atoms in total. The molecule has 17 heavy (non-hydrogen) atoms. The summed E-state index contributed by atoms with van der Waals surface area (Å²) in [4.78, 5) is 24.0. The highest BCUT2D eigenvalue weighted by molar-refractivity contribution is 5.87. The van der Waals surface area contributed by atoms with Gasteiger partial charge in [0.25, 0.3) is 0 Å². The monoisotopic (exact) mass is 235 g/mol. The van der Waals surface area contributed by atoms with Gasteiger partial charge >= 0.3 is 5.97 Å². The van der Waals surface area contributed by atoms with Gasteiger partial charge in [-0.15, -0.1) is 0 Å². The van der Waals surface area contributed by atoms with Gasteiger partial charge in [0.15, 0.2) is 0 Å². The van der Waals surface area contributed by atoms with Gasteiger partial charge in [-0.3, -0.25) is 4.79 Å². The van der Waals surface area contributed by atoms with Gasteiger partial charge in [0.05, 0.1) is 5.56 Å². The van der Waals surface area contributed by atoms with Crippen LogP contribution in [-0.2, 0) is 11.3 Å². The van der Waals surface area contributed by atoms with Crippen molar-refractivity contribution in [1.29, 1.82) is 0 Å². The van der Waals surface area contributed by atoms with E-state index < -0.39 is 5.97 Å². The molecule has 0 radical (unpaired) electrons. The quantitative estimate of drug-likeness (QED) is 0.868. The molecule has 0 unspecified atom stereocenters. The second kappa shape index (κ2) is 5.48. The van der Waals surface area contributed by atoms with Crippen LogP contribution in [0.1, 0.15) is 29.8 Å². The standard InChI is InChI=1S/C13H17NO3/c1-9(2)12(15)14(3)8-10-4-6-11(7-5-10)13(16)17/h4-7,9H,8H2,1-3H3,(H,16,17). The summed E-state index contributed by atoms with van der Waals surface area (Å²) in [5.74, 6) is -0.895. The van der Waals surface area contributed by atoms with Gasteiger partial charge in [-0.25, -0.2) is 4.79 Å². The fraction of sp³-hybridized carbons (Fsp3) is 0.385. The Labute approximate surface area is 101 Å². The first-order chi connectivity index (χ1) is 7.91. The van der Waals surface area contributed by atoms with Crippen molar-refractivity contribution in [2.75, 3.05) is 7.05 Å². The molecule has 0 aliphatic rings. The molecule has 0 saturated heterocycles. The number of nitrogens with zero attached hydrogens (tertiary/aromatic N) is 1. The summed E-state index contributed by atoms with van der Waals surface area (Å²) >= 11 is 0. The van der Waals surface area contributed by atoms with Crippen LogP contribution in [0.25, 0.3) is 0 Å². The van der Waals surface area contributed by atoms with E-state index in [0.717, 1.165) is 5.56 Å². The van der Waals surface area contributed by atoms with Crippen LogP contribution in [0.2, 0.25) is 0 Å². The topological polar surface area (TPSA) is 57.6 Å². The van der Waals surface area contributed by atoms with E-state index in [2.05, 4.69) is 0 Å². The number of benzene rings is 1. The lowest BCUT2D eigenvalue weighted by Gasteiger charge is -2.19. The number of carbonyl (C=O) groups excluding carboxylic acids is 1. The summed E-state index contributed by atoms with van der Waals surface area (Å²) in [6.07, 6.45) is 0. The number of aromatic carboxylic acids is 1. The number of amides is 1. The van der Waals surface area contributed by atoms with Crippen molar-refractivity contribution >= 4 is 11.9 Å². The molecule has 0 aliphatic carbocycles. The van der Waals surface area contributed by atoms with Gasteiger partial charge in [0.1, 0.15) is 0 Å². The van der Waals surface area contributed by atoms with E-state index >= 15 is 0 Å². The summed E-state index contributed by atoms with van der Waals surface area (Å²) in [6.45, 7) is 4.20. The van der Waals surface area contributed by atoms with Crippen molar-refractivity contribution in [2.24, 2.45) is 5.92 Å². The largest absolute Gasteiger partial charge is 0.478 e. The molecule has 4 heteroatoms. The third kappa shape index (κ3) is 3.59. The summed E-state index contributed by atoms with van der Waals surface area (Å²) in [5.41, 5.74) is 1.18. The molecular weight excluding hydrogens is 218 g/mol. The summed E-state index contributed by atoms with van der Waals surface area (Å²) in [6, 6.07) is 6.55. The SMILES string of the molecule is CC(C)C(=O)N(C)Cc1ccc(C(=O)O)cc1. The van der Waals surface area contributed by atoms with Crippen LogP contribution in [0, 0.1) is 5.92 Å². The van der Waals surface area contributed by atoms with Crippen molar-refractivity contribution in [2.45, 2.75) is 20.4 Å². The number of rotatable bonds is 4. The Bertz CT molecular complexity index is 409. The lowest BCUT2D eigenvalue weighted by molar-refractivity contribution is -0.133. The van der Waals surface area contributed by atoms with E-state index in [1.165, 1.54) is 0 Å². The molecule has 1 rings (SSSR count). The minimum Gasteiger partial charge on any atom is -0.478 e. The maximum absolute atomic E-state index is 11.7. The molecule has 0 saturated carbocycles. The Morgan fingerprint density at radius 1 is 1.24 bits per heavy atom. The smallest absolute Gasteiger partial charge is 0.335 e. The van der Waals surface area contributed by atoms with Gasteiger partial charge in [0, 0.05) is 19.5 Å². The van der Waals surface area contributed by atoms with E-state index in [0.29, 0.717) is 6.54 Å². The summed E-state index contributed by atoms with van der Waals surface area (Å²) < 4.78 is 0. The van der Waals surface area contributed by atoms with Crippen molar-refractivity contribution in [3.8, 4) is 0 Å². The van der Waals surface area contributed by atoms with Gasteiger partial charge in [-0.05, 0) is 17.7 Å². The average molecular weight is 235 g/mol. The second-order valence-corrected chi connectivity index (χ2v) is 4.35. The molecule has 1 aromatic rings. The number of hydrogen-bond acceptors (Lipinski definition) is 2. The van der Waals surface area contributed by atoms with Gasteiger partial charge < -0.3 is 10.0 Å². The van der Waals surface area contributed by atoms with E-state index in [-0.39, 0.29) is 17.4 Å². The average Bonchev–Trinajstić information content (AvgIpc) is 2.28. The summed E-state index contributed by atoms with van der Waals surface area (Å²) in [7, 11) is 1.74. The molecule has 0 aliphatic heterocycles. The van der Waals surface area contributed by atoms with Gasteiger partial charge in [-0.1, -0.05) is 26.0 Å². The van der Waals surface area contributed by atoms with Crippen LogP contribution in [0.3, 0.4) is 0 Å². The highest BCUT2D eigenvalue weighted by Gasteiger charge is 2.13. The van der Waals surface area contributed by atoms with Crippen molar-refractivity contribution in [1.82, 2.24) is 4.90 Å². The third-order valence-corrected chi connectivity index (χ3v) is 2.49. The molecule has 1 amide bonds. The van der Waals surface area contributed by atoms with Gasteiger partial charge in [0.2, 0.25) is 5.91 Å². The van der Waals surface area contributed by atoms with Crippen LogP contribution >= 0.6 is 0 Å². The van der Waals surface area contributed by atoms with Crippen LogP contribution in [0.15, 0.2) is 24.3 Å². The van der Waals surface area contributed by atoms with Crippen LogP contribution in [-0.4, -0.2) is 28.9 Å². The van der Waals surface area contributed by atoms with Crippen molar-refractivity contribution in [3.63, 3.8) is 0 Å². The Kier molecular flexibility index (Phi) is 4.26. The molecule has 92 valence electrons. The minimum atomic E-state index is -0.942. The zero-order valence-electron chi connectivity index (χ0n) is 10.3. The number of carboxylic acid groups (broad SMARTS) is 1. The Hall–Kier alpha value is -1.84. The predicted octanol–water partition coefficient (Wildman–Crippen LogP) is 2.00. The zero-order chi connectivity index (χ0) is 13.0. The van der Waals surface area contributed by atoms with E-state index in [1.807, 2.05) is 13.8 Å². The highest BCUT2D eigenvalue weighted by atomic mass is 16.4. The lowest BCUT2D eigenvalue weighted by atomic mass is 10.1. The number of carbonyl (C=O) groups is 2. The molecule has 1 aromatic carbocycles. The Morgan fingerprint density at radius 2 is 1.76 bits per heavy atom. The maximum Gasteiger partial charge on any atom is 0.335 e. The van der Waals surface area contributed by atoms with Crippen LogP contribution in [0.5, 0.6) is 0 Å². The summed E-state index contributed by atoms with van der Waals surface area (Å²) in [5, 5.41) is 8.75. The first kappa shape index (κ1) is 13.2. The molecule has 0 fully saturated rings. The van der Waals surface area contributed by atoms with Crippen molar-refractivity contribution < 1.29 is 14.7 Å². The highest BCUT2D eigenvalue weighted by Crippen LogP contribution is 2.09. The molecule has 0 heterocycles.